The first-order valence-corrected chi connectivity index (χ1v) is 10.5. The van der Waals surface area contributed by atoms with E-state index in [1.807, 2.05) is 36.4 Å². The predicted molar refractivity (Wildman–Crippen MR) is 123 cm³/mol. The average molecular weight is 434 g/mol. The summed E-state index contributed by atoms with van der Waals surface area (Å²) >= 11 is 0. The molecule has 4 rings (SSSR count). The largest absolute Gasteiger partial charge is 0.496 e. The van der Waals surface area contributed by atoms with Crippen LogP contribution in [-0.4, -0.2) is 33.8 Å². The van der Waals surface area contributed by atoms with Crippen molar-refractivity contribution >= 4 is 5.65 Å². The summed E-state index contributed by atoms with van der Waals surface area (Å²) in [4.78, 5) is 21.8. The second-order valence-corrected chi connectivity index (χ2v) is 7.87. The number of hydrogen-bond acceptors (Lipinski definition) is 6. The van der Waals surface area contributed by atoms with Crippen molar-refractivity contribution in [2.75, 3.05) is 14.2 Å². The molecule has 0 saturated carbocycles. The molecule has 8 heteroatoms. The number of aromatic nitrogens is 4. The molecule has 0 radical (unpaired) electrons. The van der Waals surface area contributed by atoms with Gasteiger partial charge >= 0.3 is 0 Å². The van der Waals surface area contributed by atoms with Crippen LogP contribution in [0.4, 0.5) is 0 Å². The Bertz CT molecular complexity index is 1240. The average Bonchev–Trinajstić information content (AvgIpc) is 3.24. The van der Waals surface area contributed by atoms with Crippen LogP contribution in [0.15, 0.2) is 59.7 Å². The molecule has 1 atom stereocenters. The minimum atomic E-state index is -0.164. The Labute approximate surface area is 186 Å². The molecule has 0 fully saturated rings. The number of aromatic amines is 1. The maximum Gasteiger partial charge on any atom is 0.272 e. The van der Waals surface area contributed by atoms with Crippen molar-refractivity contribution in [3.8, 4) is 22.8 Å². The van der Waals surface area contributed by atoms with Gasteiger partial charge < -0.3 is 14.8 Å². The second kappa shape index (κ2) is 9.23. The standard InChI is InChI=1S/C24H27N5O3/c1-15(2)24(26-14-17-20(31-3)8-5-9-21(17)32-4)19-12-23(30)29-22(27-19)11-18(28-29)16-7-6-10-25-13-16/h5-13,15,24,26,28H,14H2,1-4H3. The molecule has 0 spiro atoms. The monoisotopic (exact) mass is 433 g/mol. The van der Waals surface area contributed by atoms with E-state index in [2.05, 4.69) is 29.2 Å². The number of benzene rings is 1. The van der Waals surface area contributed by atoms with Gasteiger partial charge in [-0.3, -0.25) is 14.9 Å². The third-order valence-corrected chi connectivity index (χ3v) is 5.46. The number of ether oxygens (including phenoxy) is 2. The van der Waals surface area contributed by atoms with Crippen LogP contribution in [0, 0.1) is 5.92 Å². The summed E-state index contributed by atoms with van der Waals surface area (Å²) in [7, 11) is 3.28. The normalized spacial score (nSPS) is 12.3. The summed E-state index contributed by atoms with van der Waals surface area (Å²) in [6.45, 7) is 4.70. The van der Waals surface area contributed by atoms with E-state index in [0.29, 0.717) is 17.9 Å². The van der Waals surface area contributed by atoms with E-state index in [1.54, 1.807) is 32.7 Å². The number of nitrogens with one attached hydrogen (secondary N) is 2. The van der Waals surface area contributed by atoms with E-state index < -0.39 is 0 Å². The van der Waals surface area contributed by atoms with Gasteiger partial charge in [0.2, 0.25) is 0 Å². The van der Waals surface area contributed by atoms with Crippen LogP contribution in [-0.2, 0) is 6.54 Å². The molecule has 166 valence electrons. The highest BCUT2D eigenvalue weighted by Gasteiger charge is 2.21. The summed E-state index contributed by atoms with van der Waals surface area (Å²) in [5.41, 5.74) is 3.68. The van der Waals surface area contributed by atoms with Gasteiger partial charge in [-0.25, -0.2) is 9.50 Å². The predicted octanol–water partition coefficient (Wildman–Crippen LogP) is 3.59. The number of nitrogens with zero attached hydrogens (tertiary/aromatic N) is 3. The number of fused-ring (bicyclic) bond motifs is 1. The van der Waals surface area contributed by atoms with Crippen LogP contribution in [0.1, 0.15) is 31.1 Å². The summed E-state index contributed by atoms with van der Waals surface area (Å²) in [6.07, 6.45) is 3.46. The third-order valence-electron chi connectivity index (χ3n) is 5.46. The van der Waals surface area contributed by atoms with Crippen molar-refractivity contribution in [1.82, 2.24) is 24.9 Å². The van der Waals surface area contributed by atoms with E-state index in [0.717, 1.165) is 28.3 Å². The van der Waals surface area contributed by atoms with Gasteiger partial charge in [0.15, 0.2) is 5.65 Å². The highest BCUT2D eigenvalue weighted by Crippen LogP contribution is 2.30. The summed E-state index contributed by atoms with van der Waals surface area (Å²) in [6, 6.07) is 12.8. The maximum absolute atomic E-state index is 12.9. The van der Waals surface area contributed by atoms with Crippen LogP contribution in [0.25, 0.3) is 16.9 Å². The van der Waals surface area contributed by atoms with Crippen molar-refractivity contribution in [2.45, 2.75) is 26.4 Å². The Morgan fingerprint density at radius 2 is 1.84 bits per heavy atom. The van der Waals surface area contributed by atoms with E-state index in [9.17, 15) is 4.79 Å². The molecule has 3 heterocycles. The molecule has 1 unspecified atom stereocenters. The smallest absolute Gasteiger partial charge is 0.272 e. The zero-order chi connectivity index (χ0) is 22.7. The van der Waals surface area contributed by atoms with Crippen molar-refractivity contribution in [1.29, 1.82) is 0 Å². The van der Waals surface area contributed by atoms with Gasteiger partial charge in [-0.2, -0.15) is 0 Å². The third kappa shape index (κ3) is 4.22. The highest BCUT2D eigenvalue weighted by molar-refractivity contribution is 5.63. The number of pyridine rings is 1. The van der Waals surface area contributed by atoms with Crippen molar-refractivity contribution < 1.29 is 9.47 Å². The number of rotatable bonds is 8. The van der Waals surface area contributed by atoms with Gasteiger partial charge in [0, 0.05) is 42.2 Å². The van der Waals surface area contributed by atoms with Crippen LogP contribution in [0.5, 0.6) is 11.5 Å². The molecular formula is C24H27N5O3. The SMILES string of the molecule is COc1cccc(OC)c1CNC(c1cc(=O)n2[nH]c(-c3cccnc3)cc2n1)C(C)C. The Hall–Kier alpha value is -3.65. The minimum absolute atomic E-state index is 0.140. The van der Waals surface area contributed by atoms with Crippen LogP contribution >= 0.6 is 0 Å². The fraction of sp³-hybridized carbons (Fsp3) is 0.292. The number of hydrogen-bond donors (Lipinski definition) is 2. The van der Waals surface area contributed by atoms with Crippen LogP contribution in [0.3, 0.4) is 0 Å². The van der Waals surface area contributed by atoms with Gasteiger partial charge in [0.05, 0.1) is 31.6 Å². The van der Waals surface area contributed by atoms with Gasteiger partial charge in [-0.1, -0.05) is 19.9 Å². The fourth-order valence-electron chi connectivity index (χ4n) is 3.83. The lowest BCUT2D eigenvalue weighted by Gasteiger charge is -2.23. The molecular weight excluding hydrogens is 406 g/mol. The first kappa shape index (κ1) is 21.6. The fourth-order valence-corrected chi connectivity index (χ4v) is 3.83. The van der Waals surface area contributed by atoms with E-state index in [1.165, 1.54) is 4.52 Å². The lowest BCUT2D eigenvalue weighted by molar-refractivity contribution is 0.365. The molecule has 0 aliphatic carbocycles. The molecule has 1 aromatic carbocycles. The Kier molecular flexibility index (Phi) is 6.23. The maximum atomic E-state index is 12.9. The topological polar surface area (TPSA) is 93.5 Å². The van der Waals surface area contributed by atoms with E-state index >= 15 is 0 Å². The van der Waals surface area contributed by atoms with Crippen molar-refractivity contribution in [3.63, 3.8) is 0 Å². The van der Waals surface area contributed by atoms with Gasteiger partial charge in [-0.05, 0) is 30.2 Å². The lowest BCUT2D eigenvalue weighted by atomic mass is 10.00. The van der Waals surface area contributed by atoms with Gasteiger partial charge in [-0.15, -0.1) is 0 Å². The number of H-pyrrole nitrogens is 1. The Morgan fingerprint density at radius 3 is 2.47 bits per heavy atom. The molecule has 2 N–H and O–H groups in total. The lowest BCUT2D eigenvalue weighted by Crippen LogP contribution is -2.29. The molecule has 0 saturated heterocycles. The van der Waals surface area contributed by atoms with Crippen molar-refractivity contribution in [3.05, 3.63) is 76.5 Å². The molecule has 0 aliphatic heterocycles. The Morgan fingerprint density at radius 1 is 1.09 bits per heavy atom. The minimum Gasteiger partial charge on any atom is -0.496 e. The summed E-state index contributed by atoms with van der Waals surface area (Å²) in [5, 5.41) is 6.65. The van der Waals surface area contributed by atoms with E-state index in [4.69, 9.17) is 14.5 Å². The van der Waals surface area contributed by atoms with Crippen LogP contribution in [0.2, 0.25) is 0 Å². The molecule has 4 aromatic rings. The zero-order valence-electron chi connectivity index (χ0n) is 18.6. The Balaban J connectivity index is 1.67. The second-order valence-electron chi connectivity index (χ2n) is 7.87. The molecule has 0 amide bonds. The molecule has 0 bridgehead atoms. The molecule has 32 heavy (non-hydrogen) atoms. The zero-order valence-corrected chi connectivity index (χ0v) is 18.6. The van der Waals surface area contributed by atoms with E-state index in [-0.39, 0.29) is 17.5 Å². The van der Waals surface area contributed by atoms with Crippen LogP contribution < -0.4 is 20.3 Å². The highest BCUT2D eigenvalue weighted by atomic mass is 16.5. The number of methoxy groups -OCH3 is 2. The van der Waals surface area contributed by atoms with Crippen molar-refractivity contribution in [2.24, 2.45) is 5.92 Å². The molecule has 8 nitrogen and oxygen atoms in total. The first-order chi connectivity index (χ1) is 15.5. The molecule has 0 aliphatic rings. The van der Waals surface area contributed by atoms with Gasteiger partial charge in [0.25, 0.3) is 5.56 Å². The first-order valence-electron chi connectivity index (χ1n) is 10.5. The molecule has 3 aromatic heterocycles. The van der Waals surface area contributed by atoms with Gasteiger partial charge in [0.1, 0.15) is 11.5 Å². The quantitative estimate of drug-likeness (QED) is 0.441. The summed E-state index contributed by atoms with van der Waals surface area (Å²) < 4.78 is 12.5. The summed E-state index contributed by atoms with van der Waals surface area (Å²) in [5.74, 6) is 1.69.